The number of carbonyl (C=O) groups excluding carboxylic acids is 1. The van der Waals surface area contributed by atoms with E-state index in [2.05, 4.69) is 29.5 Å². The molecule has 0 fully saturated rings. The van der Waals surface area contributed by atoms with Crippen molar-refractivity contribution in [2.24, 2.45) is 0 Å². The minimum Gasteiger partial charge on any atom is -0.399 e. The van der Waals surface area contributed by atoms with Crippen LogP contribution < -0.4 is 10.6 Å². The summed E-state index contributed by atoms with van der Waals surface area (Å²) in [5.74, 6) is 0.0470. The lowest BCUT2D eigenvalue weighted by molar-refractivity contribution is 0.0987. The third-order valence-electron chi connectivity index (χ3n) is 2.71. The molecule has 100 valence electrons. The summed E-state index contributed by atoms with van der Waals surface area (Å²) in [4.78, 5) is 14.3. The van der Waals surface area contributed by atoms with Crippen LogP contribution in [0.25, 0.3) is 0 Å². The van der Waals surface area contributed by atoms with Crippen LogP contribution in [-0.2, 0) is 0 Å². The van der Waals surface area contributed by atoms with E-state index in [1.54, 1.807) is 16.2 Å². The highest BCUT2D eigenvalue weighted by molar-refractivity contribution is 14.1. The Kier molecular flexibility index (Phi) is 4.81. The second-order valence-electron chi connectivity index (χ2n) is 4.19. The van der Waals surface area contributed by atoms with Crippen LogP contribution in [0.1, 0.15) is 23.7 Å². The first-order chi connectivity index (χ1) is 9.11. The van der Waals surface area contributed by atoms with Crippen molar-refractivity contribution in [3.05, 3.63) is 44.2 Å². The Morgan fingerprint density at radius 1 is 1.37 bits per heavy atom. The van der Waals surface area contributed by atoms with Gasteiger partial charge in [-0.2, -0.15) is 0 Å². The number of carbonyl (C=O) groups is 1. The van der Waals surface area contributed by atoms with Gasteiger partial charge in [0.2, 0.25) is 0 Å². The van der Waals surface area contributed by atoms with Crippen molar-refractivity contribution in [1.29, 1.82) is 0 Å². The van der Waals surface area contributed by atoms with Crippen LogP contribution >= 0.6 is 33.9 Å². The van der Waals surface area contributed by atoms with Gasteiger partial charge in [0.05, 0.1) is 8.45 Å². The van der Waals surface area contributed by atoms with Gasteiger partial charge < -0.3 is 10.6 Å². The molecule has 1 aromatic heterocycles. The number of nitrogens with two attached hydrogens (primary N) is 1. The molecule has 0 aliphatic rings. The van der Waals surface area contributed by atoms with E-state index in [4.69, 9.17) is 5.73 Å². The van der Waals surface area contributed by atoms with Gasteiger partial charge in [-0.1, -0.05) is 6.92 Å². The van der Waals surface area contributed by atoms with Gasteiger partial charge in [-0.05, 0) is 59.3 Å². The maximum absolute atomic E-state index is 12.5. The zero-order valence-electron chi connectivity index (χ0n) is 10.6. The van der Waals surface area contributed by atoms with E-state index in [1.807, 2.05) is 35.7 Å². The lowest BCUT2D eigenvalue weighted by atomic mass is 10.2. The molecule has 2 N–H and O–H groups in total. The van der Waals surface area contributed by atoms with Gasteiger partial charge in [-0.25, -0.2) is 0 Å². The third kappa shape index (κ3) is 3.48. The van der Waals surface area contributed by atoms with Crippen molar-refractivity contribution in [3.63, 3.8) is 0 Å². The van der Waals surface area contributed by atoms with Crippen molar-refractivity contribution >= 4 is 51.2 Å². The summed E-state index contributed by atoms with van der Waals surface area (Å²) in [5.41, 5.74) is 8.04. The molecular formula is C14H15IN2OS. The molecule has 19 heavy (non-hydrogen) atoms. The van der Waals surface area contributed by atoms with E-state index >= 15 is 0 Å². The highest BCUT2D eigenvalue weighted by Crippen LogP contribution is 2.22. The lowest BCUT2D eigenvalue weighted by Crippen LogP contribution is -2.31. The topological polar surface area (TPSA) is 46.3 Å². The van der Waals surface area contributed by atoms with E-state index in [1.165, 1.54) is 0 Å². The van der Waals surface area contributed by atoms with E-state index in [0.29, 0.717) is 12.2 Å². The highest BCUT2D eigenvalue weighted by atomic mass is 127. The lowest BCUT2D eigenvalue weighted by Gasteiger charge is -2.22. The summed E-state index contributed by atoms with van der Waals surface area (Å²) in [6.45, 7) is 2.77. The van der Waals surface area contributed by atoms with E-state index in [9.17, 15) is 4.79 Å². The van der Waals surface area contributed by atoms with E-state index < -0.39 is 0 Å². The summed E-state index contributed by atoms with van der Waals surface area (Å²) in [6.07, 6.45) is 0.914. The van der Waals surface area contributed by atoms with Gasteiger partial charge in [0.1, 0.15) is 0 Å². The predicted molar refractivity (Wildman–Crippen MR) is 89.9 cm³/mol. The molecule has 2 aromatic rings. The molecule has 0 atom stereocenters. The Labute approximate surface area is 130 Å². The van der Waals surface area contributed by atoms with Crippen LogP contribution in [-0.4, -0.2) is 12.5 Å². The maximum Gasteiger partial charge on any atom is 0.259 e. The van der Waals surface area contributed by atoms with Gasteiger partial charge in [0, 0.05) is 23.3 Å². The molecular weight excluding hydrogens is 371 g/mol. The van der Waals surface area contributed by atoms with E-state index in [-0.39, 0.29) is 5.91 Å². The van der Waals surface area contributed by atoms with Gasteiger partial charge in [-0.15, -0.1) is 11.3 Å². The van der Waals surface area contributed by atoms with Gasteiger partial charge in [-0.3, -0.25) is 4.79 Å². The largest absolute Gasteiger partial charge is 0.399 e. The molecule has 1 amide bonds. The SMILES string of the molecule is CCCN(C(=O)c1csc(I)c1)c1ccc(N)cc1. The Bertz CT molecular complexity index is 565. The normalized spacial score (nSPS) is 10.4. The molecule has 2 rings (SSSR count). The van der Waals surface area contributed by atoms with Crippen molar-refractivity contribution in [3.8, 4) is 0 Å². The number of anilines is 2. The molecule has 0 bridgehead atoms. The number of benzene rings is 1. The predicted octanol–water partition coefficient (Wildman–Crippen LogP) is 3.99. The molecule has 0 aliphatic carbocycles. The van der Waals surface area contributed by atoms with Crippen LogP contribution in [0.3, 0.4) is 0 Å². The van der Waals surface area contributed by atoms with Crippen molar-refractivity contribution in [1.82, 2.24) is 0 Å². The molecule has 3 nitrogen and oxygen atoms in total. The molecule has 1 aromatic carbocycles. The molecule has 0 unspecified atom stereocenters. The second kappa shape index (κ2) is 6.38. The molecule has 0 saturated carbocycles. The number of hydrogen-bond acceptors (Lipinski definition) is 3. The first-order valence-corrected chi connectivity index (χ1v) is 7.99. The number of rotatable bonds is 4. The monoisotopic (exact) mass is 386 g/mol. The summed E-state index contributed by atoms with van der Waals surface area (Å²) < 4.78 is 1.12. The summed E-state index contributed by atoms with van der Waals surface area (Å²) in [6, 6.07) is 9.35. The van der Waals surface area contributed by atoms with E-state index in [0.717, 1.165) is 20.6 Å². The zero-order chi connectivity index (χ0) is 13.8. The minimum atomic E-state index is 0.0470. The second-order valence-corrected chi connectivity index (χ2v) is 6.99. The van der Waals surface area contributed by atoms with Crippen LogP contribution in [0.5, 0.6) is 0 Å². The molecule has 0 spiro atoms. The van der Waals surface area contributed by atoms with Gasteiger partial charge >= 0.3 is 0 Å². The number of amides is 1. The Balaban J connectivity index is 2.29. The van der Waals surface area contributed by atoms with Gasteiger partial charge in [0.15, 0.2) is 0 Å². The average Bonchev–Trinajstić information content (AvgIpc) is 2.83. The fraction of sp³-hybridized carbons (Fsp3) is 0.214. The fourth-order valence-corrected chi connectivity index (χ4v) is 3.12. The quantitative estimate of drug-likeness (QED) is 0.638. The molecule has 0 radical (unpaired) electrons. The number of thiophene rings is 1. The van der Waals surface area contributed by atoms with Crippen molar-refractivity contribution in [2.75, 3.05) is 17.2 Å². The number of halogens is 1. The van der Waals surface area contributed by atoms with Gasteiger partial charge in [0.25, 0.3) is 5.91 Å². The fourth-order valence-electron chi connectivity index (χ4n) is 1.80. The molecule has 0 aliphatic heterocycles. The summed E-state index contributed by atoms with van der Waals surface area (Å²) in [7, 11) is 0. The van der Waals surface area contributed by atoms with Crippen LogP contribution in [0, 0.1) is 2.88 Å². The van der Waals surface area contributed by atoms with Crippen LogP contribution in [0.2, 0.25) is 0 Å². The third-order valence-corrected chi connectivity index (χ3v) is 4.50. The number of nitrogen functional groups attached to an aromatic ring is 1. The Hall–Kier alpha value is -1.08. The highest BCUT2D eigenvalue weighted by Gasteiger charge is 2.17. The van der Waals surface area contributed by atoms with Crippen molar-refractivity contribution < 1.29 is 4.79 Å². The summed E-state index contributed by atoms with van der Waals surface area (Å²) >= 11 is 3.81. The van der Waals surface area contributed by atoms with Crippen LogP contribution in [0.15, 0.2) is 35.7 Å². The average molecular weight is 386 g/mol. The molecule has 0 saturated heterocycles. The smallest absolute Gasteiger partial charge is 0.259 e. The standard InChI is InChI=1S/C14H15IN2OS/c1-2-7-17(12-5-3-11(16)4-6-12)14(18)10-8-13(15)19-9-10/h3-6,8-9H,2,7,16H2,1H3. The molecule has 5 heteroatoms. The molecule has 1 heterocycles. The minimum absolute atomic E-state index is 0.0470. The summed E-state index contributed by atoms with van der Waals surface area (Å²) in [5, 5.41) is 1.91. The number of hydrogen-bond donors (Lipinski definition) is 1. The van der Waals surface area contributed by atoms with Crippen molar-refractivity contribution in [2.45, 2.75) is 13.3 Å². The van der Waals surface area contributed by atoms with Crippen LogP contribution in [0.4, 0.5) is 11.4 Å². The first-order valence-electron chi connectivity index (χ1n) is 6.03. The Morgan fingerprint density at radius 3 is 2.58 bits per heavy atom. The maximum atomic E-state index is 12.5. The first kappa shape index (κ1) is 14.3. The Morgan fingerprint density at radius 2 is 2.05 bits per heavy atom. The zero-order valence-corrected chi connectivity index (χ0v) is 13.6. The number of nitrogens with zero attached hydrogens (tertiary/aromatic N) is 1.